The SMILES string of the molecule is C=C/C(C)=C(\C=C(/C)F)OCc1c(C)cccc1C(=O)OC. The Morgan fingerprint density at radius 3 is 2.59 bits per heavy atom. The molecular weight excluding hydrogens is 283 g/mol. The molecule has 1 rings (SSSR count). The maximum atomic E-state index is 13.2. The van der Waals surface area contributed by atoms with Gasteiger partial charge in [0.1, 0.15) is 18.2 Å². The minimum absolute atomic E-state index is 0.140. The molecule has 0 aliphatic heterocycles. The lowest BCUT2D eigenvalue weighted by Gasteiger charge is -2.14. The number of allylic oxidation sites excluding steroid dienone is 4. The summed E-state index contributed by atoms with van der Waals surface area (Å²) in [5.74, 6) is -0.409. The van der Waals surface area contributed by atoms with Crippen LogP contribution in [0.25, 0.3) is 0 Å². The highest BCUT2D eigenvalue weighted by molar-refractivity contribution is 5.91. The summed E-state index contributed by atoms with van der Waals surface area (Å²) in [5, 5.41) is 0. The molecule has 0 spiro atoms. The summed E-state index contributed by atoms with van der Waals surface area (Å²) >= 11 is 0. The van der Waals surface area contributed by atoms with Crippen LogP contribution >= 0.6 is 0 Å². The molecular formula is C18H21FO3. The van der Waals surface area contributed by atoms with Gasteiger partial charge < -0.3 is 9.47 Å². The Bertz CT molecular complexity index is 623. The standard InChI is InChI=1S/C18H21FO3/c1-6-12(2)17(10-14(4)19)22-11-16-13(3)8-7-9-15(16)18(20)21-5/h6-10H,1,11H2,2-5H3/b14-10+,17-12+. The zero-order valence-electron chi connectivity index (χ0n) is 13.4. The number of rotatable bonds is 6. The van der Waals surface area contributed by atoms with E-state index in [9.17, 15) is 9.18 Å². The topological polar surface area (TPSA) is 35.5 Å². The van der Waals surface area contributed by atoms with Gasteiger partial charge in [-0.1, -0.05) is 24.8 Å². The van der Waals surface area contributed by atoms with Crippen LogP contribution in [-0.2, 0) is 16.1 Å². The fourth-order valence-electron chi connectivity index (χ4n) is 1.90. The van der Waals surface area contributed by atoms with Crippen LogP contribution in [0.5, 0.6) is 0 Å². The number of hydrogen-bond donors (Lipinski definition) is 0. The molecule has 3 nitrogen and oxygen atoms in total. The van der Waals surface area contributed by atoms with Crippen LogP contribution in [0.1, 0.15) is 35.3 Å². The first kappa shape index (κ1) is 17.7. The van der Waals surface area contributed by atoms with Crippen LogP contribution in [0, 0.1) is 6.92 Å². The molecule has 0 saturated carbocycles. The number of methoxy groups -OCH3 is 1. The van der Waals surface area contributed by atoms with E-state index < -0.39 is 5.97 Å². The number of halogens is 1. The molecule has 0 aliphatic rings. The van der Waals surface area contributed by atoms with Crippen molar-refractivity contribution in [3.05, 3.63) is 70.8 Å². The second-order valence-electron chi connectivity index (χ2n) is 4.86. The van der Waals surface area contributed by atoms with Crippen LogP contribution < -0.4 is 0 Å². The fourth-order valence-corrected chi connectivity index (χ4v) is 1.90. The highest BCUT2D eigenvalue weighted by Crippen LogP contribution is 2.20. The van der Waals surface area contributed by atoms with Gasteiger partial charge in [-0.05, 0) is 38.0 Å². The van der Waals surface area contributed by atoms with E-state index in [2.05, 4.69) is 6.58 Å². The summed E-state index contributed by atoms with van der Waals surface area (Å²) in [6, 6.07) is 5.34. The third-order valence-electron chi connectivity index (χ3n) is 3.21. The van der Waals surface area contributed by atoms with E-state index in [0.29, 0.717) is 22.5 Å². The van der Waals surface area contributed by atoms with Crippen molar-refractivity contribution in [2.45, 2.75) is 27.4 Å². The molecule has 22 heavy (non-hydrogen) atoms. The smallest absolute Gasteiger partial charge is 0.338 e. The Morgan fingerprint density at radius 2 is 2.05 bits per heavy atom. The summed E-state index contributed by atoms with van der Waals surface area (Å²) in [4.78, 5) is 11.8. The summed E-state index contributed by atoms with van der Waals surface area (Å²) in [6.45, 7) is 8.80. The Kier molecular flexibility index (Phi) is 6.57. The molecule has 0 amide bonds. The maximum absolute atomic E-state index is 13.2. The van der Waals surface area contributed by atoms with Crippen LogP contribution in [0.3, 0.4) is 0 Å². The van der Waals surface area contributed by atoms with E-state index in [1.165, 1.54) is 20.1 Å². The number of ether oxygens (including phenoxy) is 2. The molecule has 0 bridgehead atoms. The maximum Gasteiger partial charge on any atom is 0.338 e. The lowest BCUT2D eigenvalue weighted by molar-refractivity contribution is 0.0596. The summed E-state index contributed by atoms with van der Waals surface area (Å²) in [7, 11) is 1.33. The van der Waals surface area contributed by atoms with E-state index in [4.69, 9.17) is 9.47 Å². The first-order valence-electron chi connectivity index (χ1n) is 6.87. The van der Waals surface area contributed by atoms with Crippen molar-refractivity contribution in [2.24, 2.45) is 0 Å². The van der Waals surface area contributed by atoms with Crippen molar-refractivity contribution in [3.63, 3.8) is 0 Å². The Balaban J connectivity index is 3.12. The molecule has 1 aromatic rings. The Morgan fingerprint density at radius 1 is 1.36 bits per heavy atom. The molecule has 4 heteroatoms. The number of hydrogen-bond acceptors (Lipinski definition) is 3. The normalized spacial score (nSPS) is 12.5. The predicted molar refractivity (Wildman–Crippen MR) is 85.1 cm³/mol. The molecule has 0 aliphatic carbocycles. The second kappa shape index (κ2) is 8.17. The van der Waals surface area contributed by atoms with Gasteiger partial charge in [-0.2, -0.15) is 0 Å². The lowest BCUT2D eigenvalue weighted by atomic mass is 10.0. The van der Waals surface area contributed by atoms with Crippen molar-refractivity contribution < 1.29 is 18.7 Å². The van der Waals surface area contributed by atoms with Crippen molar-refractivity contribution in [1.82, 2.24) is 0 Å². The van der Waals surface area contributed by atoms with E-state index in [1.54, 1.807) is 25.1 Å². The Labute approximate surface area is 130 Å². The number of esters is 1. The molecule has 0 atom stereocenters. The van der Waals surface area contributed by atoms with Crippen molar-refractivity contribution in [3.8, 4) is 0 Å². The van der Waals surface area contributed by atoms with Crippen LogP contribution in [0.15, 0.2) is 54.1 Å². The van der Waals surface area contributed by atoms with Gasteiger partial charge in [-0.25, -0.2) is 9.18 Å². The molecule has 0 N–H and O–H groups in total. The zero-order chi connectivity index (χ0) is 16.7. The number of carbonyl (C=O) groups excluding carboxylic acids is 1. The van der Waals surface area contributed by atoms with Crippen LogP contribution in [0.4, 0.5) is 4.39 Å². The molecule has 0 fully saturated rings. The van der Waals surface area contributed by atoms with E-state index in [1.807, 2.05) is 13.0 Å². The first-order valence-corrected chi connectivity index (χ1v) is 6.87. The average molecular weight is 304 g/mol. The number of aryl methyl sites for hydroxylation is 1. The molecule has 118 valence electrons. The minimum atomic E-state index is -0.425. The van der Waals surface area contributed by atoms with E-state index >= 15 is 0 Å². The van der Waals surface area contributed by atoms with Crippen molar-refractivity contribution in [2.75, 3.05) is 7.11 Å². The largest absolute Gasteiger partial charge is 0.489 e. The number of carbonyl (C=O) groups is 1. The summed E-state index contributed by atoms with van der Waals surface area (Å²) < 4.78 is 23.6. The highest BCUT2D eigenvalue weighted by Gasteiger charge is 2.14. The van der Waals surface area contributed by atoms with Gasteiger partial charge >= 0.3 is 5.97 Å². The lowest BCUT2D eigenvalue weighted by Crippen LogP contribution is -2.08. The third kappa shape index (κ3) is 4.58. The Hall–Kier alpha value is -2.36. The molecule has 0 saturated heterocycles. The van der Waals surface area contributed by atoms with Gasteiger partial charge in [0.15, 0.2) is 0 Å². The summed E-state index contributed by atoms with van der Waals surface area (Å²) in [6.07, 6.45) is 2.89. The van der Waals surface area contributed by atoms with Gasteiger partial charge in [-0.15, -0.1) is 0 Å². The summed E-state index contributed by atoms with van der Waals surface area (Å²) in [5.41, 5.74) is 2.78. The minimum Gasteiger partial charge on any atom is -0.489 e. The second-order valence-corrected chi connectivity index (χ2v) is 4.86. The first-order chi connectivity index (χ1) is 10.4. The van der Waals surface area contributed by atoms with E-state index in [-0.39, 0.29) is 12.4 Å². The van der Waals surface area contributed by atoms with Crippen LogP contribution in [-0.4, -0.2) is 13.1 Å². The van der Waals surface area contributed by atoms with Gasteiger partial charge in [0.05, 0.1) is 12.7 Å². The average Bonchev–Trinajstić information content (AvgIpc) is 2.50. The fraction of sp³-hybridized carbons (Fsp3) is 0.278. The highest BCUT2D eigenvalue weighted by atomic mass is 19.1. The monoisotopic (exact) mass is 304 g/mol. The van der Waals surface area contributed by atoms with Crippen LogP contribution in [0.2, 0.25) is 0 Å². The van der Waals surface area contributed by atoms with Gasteiger partial charge in [0.2, 0.25) is 0 Å². The molecule has 0 unspecified atom stereocenters. The molecule has 1 aromatic carbocycles. The number of benzene rings is 1. The van der Waals surface area contributed by atoms with Gasteiger partial charge in [0, 0.05) is 11.6 Å². The molecule has 0 aromatic heterocycles. The quantitative estimate of drug-likeness (QED) is 0.436. The zero-order valence-corrected chi connectivity index (χ0v) is 13.4. The van der Waals surface area contributed by atoms with Gasteiger partial charge in [-0.3, -0.25) is 0 Å². The van der Waals surface area contributed by atoms with Crippen molar-refractivity contribution >= 4 is 5.97 Å². The third-order valence-corrected chi connectivity index (χ3v) is 3.21. The van der Waals surface area contributed by atoms with E-state index in [0.717, 1.165) is 5.56 Å². The predicted octanol–water partition coefficient (Wildman–Crippen LogP) is 4.63. The van der Waals surface area contributed by atoms with Crippen molar-refractivity contribution in [1.29, 1.82) is 0 Å². The molecule has 0 radical (unpaired) electrons. The van der Waals surface area contributed by atoms with Gasteiger partial charge in [0.25, 0.3) is 0 Å². The molecule has 0 heterocycles.